The molecule has 0 aromatic heterocycles. The summed E-state index contributed by atoms with van der Waals surface area (Å²) in [5.41, 5.74) is 0.0499. The minimum atomic E-state index is -0.0758. The fraction of sp³-hybridized carbons (Fsp3) is 1.00. The van der Waals surface area contributed by atoms with Gasteiger partial charge in [0.15, 0.2) is 0 Å². The smallest absolute Gasteiger partial charge is 0.0575 e. The van der Waals surface area contributed by atoms with Gasteiger partial charge in [-0.25, -0.2) is 0 Å². The Bertz CT molecular complexity index is 274. The highest BCUT2D eigenvalue weighted by molar-refractivity contribution is 4.93. The summed E-state index contributed by atoms with van der Waals surface area (Å²) in [6.45, 7) is 8.98. The number of hydrogen-bond acceptors (Lipinski definition) is 3. The Morgan fingerprint density at radius 3 is 1.77 bits per heavy atom. The highest BCUT2D eigenvalue weighted by atomic mass is 16.5. The van der Waals surface area contributed by atoms with Crippen molar-refractivity contribution in [3.63, 3.8) is 0 Å². The van der Waals surface area contributed by atoms with E-state index < -0.39 is 0 Å². The summed E-state index contributed by atoms with van der Waals surface area (Å²) in [6.07, 6.45) is 10.7. The zero-order valence-electron chi connectivity index (χ0n) is 15.6. The molecule has 1 aliphatic carbocycles. The maximum atomic E-state index is 6.42. The highest BCUT2D eigenvalue weighted by Gasteiger charge is 2.45. The van der Waals surface area contributed by atoms with Crippen LogP contribution in [0, 0.1) is 10.8 Å². The van der Waals surface area contributed by atoms with Crippen LogP contribution in [0.4, 0.5) is 0 Å². The van der Waals surface area contributed by atoms with Crippen LogP contribution in [0.1, 0.15) is 72.1 Å². The lowest BCUT2D eigenvalue weighted by Crippen LogP contribution is -2.49. The Labute approximate surface area is 138 Å². The Balaban J connectivity index is 2.73. The maximum Gasteiger partial charge on any atom is 0.0575 e. The molecule has 1 aliphatic rings. The molecule has 0 saturated heterocycles. The Kier molecular flexibility index (Phi) is 8.96. The van der Waals surface area contributed by atoms with Gasteiger partial charge in [0.2, 0.25) is 0 Å². The monoisotopic (exact) mass is 314 g/mol. The Morgan fingerprint density at radius 2 is 1.32 bits per heavy atom. The first-order chi connectivity index (χ1) is 10.5. The molecule has 3 nitrogen and oxygen atoms in total. The van der Waals surface area contributed by atoms with Gasteiger partial charge in [-0.3, -0.25) is 0 Å². The van der Waals surface area contributed by atoms with Crippen LogP contribution in [0.25, 0.3) is 0 Å². The van der Waals surface area contributed by atoms with Crippen molar-refractivity contribution in [3.8, 4) is 0 Å². The molecule has 0 N–H and O–H groups in total. The third-order valence-corrected chi connectivity index (χ3v) is 5.81. The van der Waals surface area contributed by atoms with E-state index in [4.69, 9.17) is 14.2 Å². The van der Waals surface area contributed by atoms with Gasteiger partial charge in [0.25, 0.3) is 0 Å². The van der Waals surface area contributed by atoms with E-state index in [0.29, 0.717) is 19.3 Å². The molecule has 0 spiro atoms. The van der Waals surface area contributed by atoms with Crippen LogP contribution in [0.2, 0.25) is 0 Å². The second-order valence-electron chi connectivity index (χ2n) is 7.66. The molecule has 1 fully saturated rings. The van der Waals surface area contributed by atoms with E-state index in [0.717, 1.165) is 13.0 Å². The molecule has 0 unspecified atom stereocenters. The molecule has 0 amide bonds. The van der Waals surface area contributed by atoms with E-state index in [1.807, 2.05) is 0 Å². The van der Waals surface area contributed by atoms with Crippen LogP contribution in [-0.2, 0) is 14.2 Å². The summed E-state index contributed by atoms with van der Waals surface area (Å²) in [6, 6.07) is 0. The van der Waals surface area contributed by atoms with Crippen molar-refractivity contribution in [2.75, 3.05) is 34.0 Å². The van der Waals surface area contributed by atoms with Crippen LogP contribution in [-0.4, -0.2) is 40.1 Å². The molecule has 0 aromatic carbocycles. The van der Waals surface area contributed by atoms with Crippen molar-refractivity contribution in [2.45, 2.75) is 78.2 Å². The number of hydrogen-bond donors (Lipinski definition) is 0. The molecule has 22 heavy (non-hydrogen) atoms. The van der Waals surface area contributed by atoms with Crippen molar-refractivity contribution >= 4 is 0 Å². The van der Waals surface area contributed by atoms with Gasteiger partial charge in [-0.05, 0) is 18.3 Å². The Morgan fingerprint density at radius 1 is 0.818 bits per heavy atom. The number of rotatable bonds is 9. The molecule has 0 atom stereocenters. The van der Waals surface area contributed by atoms with Crippen LogP contribution in [0.5, 0.6) is 0 Å². The van der Waals surface area contributed by atoms with Gasteiger partial charge in [-0.15, -0.1) is 0 Å². The van der Waals surface area contributed by atoms with Crippen LogP contribution in [0.3, 0.4) is 0 Å². The van der Waals surface area contributed by atoms with Crippen molar-refractivity contribution in [2.24, 2.45) is 10.8 Å². The van der Waals surface area contributed by atoms with Crippen LogP contribution in [0.15, 0.2) is 0 Å². The average Bonchev–Trinajstić information content (AvgIpc) is 2.46. The summed E-state index contributed by atoms with van der Waals surface area (Å²) in [7, 11) is 3.57. The average molecular weight is 315 g/mol. The summed E-state index contributed by atoms with van der Waals surface area (Å²) >= 11 is 0. The number of methoxy groups -OCH3 is 2. The van der Waals surface area contributed by atoms with Crippen LogP contribution < -0.4 is 0 Å². The normalized spacial score (nSPS) is 19.0. The van der Waals surface area contributed by atoms with Gasteiger partial charge >= 0.3 is 0 Å². The van der Waals surface area contributed by atoms with Gasteiger partial charge in [0.1, 0.15) is 0 Å². The van der Waals surface area contributed by atoms with E-state index in [2.05, 4.69) is 20.8 Å². The van der Waals surface area contributed by atoms with Gasteiger partial charge in [-0.2, -0.15) is 0 Å². The first kappa shape index (κ1) is 19.9. The van der Waals surface area contributed by atoms with E-state index >= 15 is 0 Å². The molecule has 0 radical (unpaired) electrons. The quantitative estimate of drug-likeness (QED) is 0.610. The molecule has 0 heterocycles. The van der Waals surface area contributed by atoms with Gasteiger partial charge in [0, 0.05) is 19.6 Å². The van der Waals surface area contributed by atoms with E-state index in [1.165, 1.54) is 44.9 Å². The van der Waals surface area contributed by atoms with Gasteiger partial charge in [-0.1, -0.05) is 59.3 Å². The summed E-state index contributed by atoms with van der Waals surface area (Å²) < 4.78 is 17.6. The largest absolute Gasteiger partial charge is 0.384 e. The van der Waals surface area contributed by atoms with Crippen molar-refractivity contribution in [1.82, 2.24) is 0 Å². The zero-order valence-corrected chi connectivity index (χ0v) is 15.6. The lowest BCUT2D eigenvalue weighted by atomic mass is 9.65. The molecule has 0 aliphatic heterocycles. The van der Waals surface area contributed by atoms with E-state index in [-0.39, 0.29) is 10.8 Å². The molecule has 0 bridgehead atoms. The molecular weight excluding hydrogens is 276 g/mol. The summed E-state index contributed by atoms with van der Waals surface area (Å²) in [5.74, 6) is 0. The lowest BCUT2D eigenvalue weighted by molar-refractivity contribution is -0.132. The zero-order chi connectivity index (χ0) is 16.5. The van der Waals surface area contributed by atoms with Crippen molar-refractivity contribution in [1.29, 1.82) is 0 Å². The fourth-order valence-corrected chi connectivity index (χ4v) is 3.50. The second kappa shape index (κ2) is 9.89. The molecular formula is C19H38O3. The predicted molar refractivity (Wildman–Crippen MR) is 92.3 cm³/mol. The molecule has 1 rings (SSSR count). The third-order valence-electron chi connectivity index (χ3n) is 5.81. The second-order valence-corrected chi connectivity index (χ2v) is 7.66. The molecule has 1 saturated carbocycles. The van der Waals surface area contributed by atoms with E-state index in [1.54, 1.807) is 14.2 Å². The highest BCUT2D eigenvalue weighted by Crippen LogP contribution is 2.43. The Hall–Kier alpha value is -0.120. The fourth-order valence-electron chi connectivity index (χ4n) is 3.50. The SMILES string of the molecule is CCC(C)(C)C(COC)(COC)COC1CCCCCCC1. The minimum Gasteiger partial charge on any atom is -0.384 e. The first-order valence-corrected chi connectivity index (χ1v) is 9.11. The van der Waals surface area contributed by atoms with Crippen molar-refractivity contribution < 1.29 is 14.2 Å². The molecule has 0 aromatic rings. The third kappa shape index (κ3) is 5.50. The maximum absolute atomic E-state index is 6.42. The van der Waals surface area contributed by atoms with Gasteiger partial charge in [0.05, 0.1) is 25.9 Å². The van der Waals surface area contributed by atoms with Crippen molar-refractivity contribution in [3.05, 3.63) is 0 Å². The lowest BCUT2D eigenvalue weighted by Gasteiger charge is -2.46. The number of ether oxygens (including phenoxy) is 3. The van der Waals surface area contributed by atoms with E-state index in [9.17, 15) is 0 Å². The van der Waals surface area contributed by atoms with Crippen LogP contribution >= 0.6 is 0 Å². The van der Waals surface area contributed by atoms with Gasteiger partial charge < -0.3 is 14.2 Å². The first-order valence-electron chi connectivity index (χ1n) is 9.11. The summed E-state index contributed by atoms with van der Waals surface area (Å²) in [4.78, 5) is 0. The predicted octanol–water partition coefficient (Wildman–Crippen LogP) is 4.83. The molecule has 3 heteroatoms. The standard InChI is InChI=1S/C19H38O3/c1-6-18(2,3)19(14-20-4,15-21-5)16-22-17-12-10-8-7-9-11-13-17/h17H,6-16H2,1-5H3. The summed E-state index contributed by atoms with van der Waals surface area (Å²) in [5, 5.41) is 0. The topological polar surface area (TPSA) is 27.7 Å². The minimum absolute atomic E-state index is 0.0758. The molecule has 132 valence electrons.